The fraction of sp³-hybridized carbons (Fsp3) is 0.0370. The van der Waals surface area contributed by atoms with Gasteiger partial charge >= 0.3 is 18.1 Å². The van der Waals surface area contributed by atoms with Crippen molar-refractivity contribution in [2.24, 2.45) is 0 Å². The molecule has 0 atom stereocenters. The standard InChI is InChI=1S/C27H19F3O5/c1-3-25(31)34-16-15-33-24-14-11-21(17-23(24)27(28,29)30)20-7-5-18(6-8-20)19-9-12-22(13-10-19)35-26(32)4-2/h3-17H,1-2H2/b16-15-. The highest BCUT2D eigenvalue weighted by Gasteiger charge is 2.34. The maximum Gasteiger partial charge on any atom is 0.420 e. The van der Waals surface area contributed by atoms with Crippen LogP contribution in [0.15, 0.2) is 105 Å². The summed E-state index contributed by atoms with van der Waals surface area (Å²) in [7, 11) is 0. The van der Waals surface area contributed by atoms with E-state index in [0.717, 1.165) is 41.9 Å². The van der Waals surface area contributed by atoms with Gasteiger partial charge in [0, 0.05) is 12.2 Å². The molecular weight excluding hydrogens is 461 g/mol. The first-order chi connectivity index (χ1) is 16.7. The molecule has 0 amide bonds. The molecule has 0 aliphatic carbocycles. The summed E-state index contributed by atoms with van der Waals surface area (Å²) in [6.45, 7) is 6.54. The minimum absolute atomic E-state index is 0.338. The zero-order chi connectivity index (χ0) is 25.4. The van der Waals surface area contributed by atoms with Crippen LogP contribution < -0.4 is 9.47 Å². The summed E-state index contributed by atoms with van der Waals surface area (Å²) in [5.74, 6) is -1.41. The SMILES string of the molecule is C=CC(=O)O/C=C\Oc1ccc(-c2ccc(-c3ccc(OC(=O)C=C)cc3)cc2)cc1C(F)(F)F. The molecule has 3 rings (SSSR count). The number of halogens is 3. The zero-order valence-electron chi connectivity index (χ0n) is 18.2. The van der Waals surface area contributed by atoms with Gasteiger partial charge in [-0.2, -0.15) is 13.2 Å². The van der Waals surface area contributed by atoms with Gasteiger partial charge in [-0.15, -0.1) is 0 Å². The lowest BCUT2D eigenvalue weighted by Crippen LogP contribution is -2.07. The molecule has 0 fully saturated rings. The van der Waals surface area contributed by atoms with Crippen LogP contribution in [0, 0.1) is 0 Å². The fourth-order valence-electron chi connectivity index (χ4n) is 3.01. The van der Waals surface area contributed by atoms with Crippen LogP contribution in [0.1, 0.15) is 5.56 Å². The van der Waals surface area contributed by atoms with E-state index in [9.17, 15) is 22.8 Å². The van der Waals surface area contributed by atoms with Gasteiger partial charge in [-0.3, -0.25) is 0 Å². The summed E-state index contributed by atoms with van der Waals surface area (Å²) >= 11 is 0. The van der Waals surface area contributed by atoms with Crippen molar-refractivity contribution in [2.75, 3.05) is 0 Å². The lowest BCUT2D eigenvalue weighted by Gasteiger charge is -2.14. The quantitative estimate of drug-likeness (QED) is 0.155. The zero-order valence-corrected chi connectivity index (χ0v) is 18.2. The lowest BCUT2D eigenvalue weighted by molar-refractivity contribution is -0.138. The average Bonchev–Trinajstić information content (AvgIpc) is 2.86. The Bertz CT molecular complexity index is 1260. The minimum Gasteiger partial charge on any atom is -0.461 e. The van der Waals surface area contributed by atoms with Crippen molar-refractivity contribution in [3.63, 3.8) is 0 Å². The Labute approximate surface area is 199 Å². The fourth-order valence-corrected chi connectivity index (χ4v) is 3.01. The third-order valence-electron chi connectivity index (χ3n) is 4.68. The van der Waals surface area contributed by atoms with Crippen LogP contribution >= 0.6 is 0 Å². The highest BCUT2D eigenvalue weighted by Crippen LogP contribution is 2.39. The van der Waals surface area contributed by atoms with Crippen molar-refractivity contribution in [1.82, 2.24) is 0 Å². The van der Waals surface area contributed by atoms with Crippen molar-refractivity contribution >= 4 is 11.9 Å². The van der Waals surface area contributed by atoms with Crippen LogP contribution in [0.25, 0.3) is 22.3 Å². The molecule has 0 N–H and O–H groups in total. The molecule has 5 nitrogen and oxygen atoms in total. The highest BCUT2D eigenvalue weighted by molar-refractivity contribution is 5.83. The second kappa shape index (κ2) is 11.0. The predicted molar refractivity (Wildman–Crippen MR) is 124 cm³/mol. The van der Waals surface area contributed by atoms with E-state index in [1.54, 1.807) is 48.5 Å². The number of alkyl halides is 3. The normalized spacial score (nSPS) is 11.1. The molecule has 0 radical (unpaired) electrons. The number of carbonyl (C=O) groups is 2. The molecule has 8 heteroatoms. The van der Waals surface area contributed by atoms with Crippen LogP contribution in [0.3, 0.4) is 0 Å². The van der Waals surface area contributed by atoms with Crippen LogP contribution in [-0.4, -0.2) is 11.9 Å². The van der Waals surface area contributed by atoms with E-state index in [1.165, 1.54) is 12.1 Å². The molecule has 0 saturated heterocycles. The third kappa shape index (κ3) is 6.70. The van der Waals surface area contributed by atoms with Crippen LogP contribution in [0.2, 0.25) is 0 Å². The van der Waals surface area contributed by atoms with Gasteiger partial charge < -0.3 is 14.2 Å². The monoisotopic (exact) mass is 480 g/mol. The Morgan fingerprint density at radius 2 is 1.23 bits per heavy atom. The molecule has 178 valence electrons. The predicted octanol–water partition coefficient (Wildman–Crippen LogP) is 6.71. The van der Waals surface area contributed by atoms with E-state index in [2.05, 4.69) is 17.9 Å². The van der Waals surface area contributed by atoms with Crippen molar-refractivity contribution < 1.29 is 37.0 Å². The van der Waals surface area contributed by atoms with Gasteiger partial charge in [0.05, 0.1) is 5.56 Å². The molecule has 0 aliphatic heterocycles. The molecule has 0 unspecified atom stereocenters. The van der Waals surface area contributed by atoms with E-state index < -0.39 is 29.4 Å². The Morgan fingerprint density at radius 1 is 0.714 bits per heavy atom. The second-order valence-electron chi connectivity index (χ2n) is 6.97. The first kappa shape index (κ1) is 25.0. The molecule has 0 aliphatic rings. The average molecular weight is 480 g/mol. The maximum atomic E-state index is 13.6. The Balaban J connectivity index is 1.80. The first-order valence-electron chi connectivity index (χ1n) is 10.1. The Hall–Kier alpha value is -4.59. The highest BCUT2D eigenvalue weighted by atomic mass is 19.4. The van der Waals surface area contributed by atoms with Gasteiger partial charge in [0.15, 0.2) is 0 Å². The summed E-state index contributed by atoms with van der Waals surface area (Å²) in [5, 5.41) is 0. The molecule has 0 aromatic heterocycles. The van der Waals surface area contributed by atoms with Crippen LogP contribution in [0.4, 0.5) is 13.2 Å². The number of ether oxygens (including phenoxy) is 3. The molecule has 3 aromatic rings. The Morgan fingerprint density at radius 3 is 1.77 bits per heavy atom. The van der Waals surface area contributed by atoms with E-state index >= 15 is 0 Å². The molecule has 3 aromatic carbocycles. The van der Waals surface area contributed by atoms with Crippen LogP contribution in [0.5, 0.6) is 11.5 Å². The van der Waals surface area contributed by atoms with Crippen molar-refractivity contribution in [3.05, 3.63) is 110 Å². The number of rotatable bonds is 8. The number of hydrogen-bond acceptors (Lipinski definition) is 5. The first-order valence-corrected chi connectivity index (χ1v) is 10.1. The molecule has 0 spiro atoms. The number of hydrogen-bond donors (Lipinski definition) is 0. The van der Waals surface area contributed by atoms with Gasteiger partial charge in [0.25, 0.3) is 0 Å². The number of benzene rings is 3. The van der Waals surface area contributed by atoms with Gasteiger partial charge in [0.2, 0.25) is 0 Å². The van der Waals surface area contributed by atoms with Gasteiger partial charge in [-0.25, -0.2) is 9.59 Å². The number of esters is 2. The summed E-state index contributed by atoms with van der Waals surface area (Å²) in [6, 6.07) is 17.4. The van der Waals surface area contributed by atoms with Gasteiger partial charge in [0.1, 0.15) is 24.0 Å². The summed E-state index contributed by atoms with van der Waals surface area (Å²) in [4.78, 5) is 22.3. The topological polar surface area (TPSA) is 61.8 Å². The molecule has 0 bridgehead atoms. The van der Waals surface area contributed by atoms with Crippen molar-refractivity contribution in [1.29, 1.82) is 0 Å². The molecule has 0 heterocycles. The number of carbonyl (C=O) groups excluding carboxylic acids is 2. The summed E-state index contributed by atoms with van der Waals surface area (Å²) in [5.41, 5.74) is 1.58. The largest absolute Gasteiger partial charge is 0.461 e. The lowest BCUT2D eigenvalue weighted by atomic mass is 9.98. The minimum atomic E-state index is -4.67. The second-order valence-corrected chi connectivity index (χ2v) is 6.97. The van der Waals surface area contributed by atoms with Gasteiger partial charge in [-0.05, 0) is 46.5 Å². The van der Waals surface area contributed by atoms with Crippen LogP contribution in [-0.2, 0) is 20.5 Å². The van der Waals surface area contributed by atoms with Crippen molar-refractivity contribution in [2.45, 2.75) is 6.18 Å². The van der Waals surface area contributed by atoms with E-state index in [1.807, 2.05) is 0 Å². The summed E-state index contributed by atoms with van der Waals surface area (Å²) < 4.78 is 55.4. The van der Waals surface area contributed by atoms with Crippen molar-refractivity contribution in [3.8, 4) is 33.8 Å². The van der Waals surface area contributed by atoms with E-state index in [0.29, 0.717) is 16.9 Å². The molecule has 35 heavy (non-hydrogen) atoms. The van der Waals surface area contributed by atoms with E-state index in [4.69, 9.17) is 9.47 Å². The van der Waals surface area contributed by atoms with Gasteiger partial charge in [-0.1, -0.05) is 55.6 Å². The maximum absolute atomic E-state index is 13.6. The van der Waals surface area contributed by atoms with E-state index in [-0.39, 0.29) is 0 Å². The summed E-state index contributed by atoms with van der Waals surface area (Å²) in [6.07, 6.45) is -1.04. The molecule has 0 saturated carbocycles. The molecular formula is C27H19F3O5. The smallest absolute Gasteiger partial charge is 0.420 e. The Kier molecular flexibility index (Phi) is 7.88. The third-order valence-corrected chi connectivity index (χ3v) is 4.68.